The highest BCUT2D eigenvalue weighted by molar-refractivity contribution is 6.04. The normalized spacial score (nSPS) is 15.6. The van der Waals surface area contributed by atoms with Crippen LogP contribution >= 0.6 is 0 Å². The second-order valence-electron chi connectivity index (χ2n) is 9.25. The number of benzene rings is 3. The van der Waals surface area contributed by atoms with Gasteiger partial charge in [-0.15, -0.1) is 0 Å². The summed E-state index contributed by atoms with van der Waals surface area (Å²) in [6, 6.07) is 13.4. The number of hydrogen-bond donors (Lipinski definition) is 0. The molecule has 30 heavy (non-hydrogen) atoms. The van der Waals surface area contributed by atoms with Crippen molar-refractivity contribution in [2.75, 3.05) is 0 Å². The van der Waals surface area contributed by atoms with Crippen LogP contribution in [0.1, 0.15) is 42.4 Å². The minimum Gasteiger partial charge on any atom is -0.456 e. The molecule has 0 spiro atoms. The van der Waals surface area contributed by atoms with Crippen LogP contribution in [0, 0.1) is 19.8 Å². The lowest BCUT2D eigenvalue weighted by Crippen LogP contribution is -2.32. The molecule has 0 amide bonds. The van der Waals surface area contributed by atoms with Crippen LogP contribution in [0.5, 0.6) is 11.5 Å². The first-order chi connectivity index (χ1) is 14.6. The van der Waals surface area contributed by atoms with Gasteiger partial charge in [-0.1, -0.05) is 49.4 Å². The standard InChI is InChI=1S/C27H27N2O/c1-16-8-9-20-14-24-25(17(2)21(20)10-16)27-26-22(28-15-29(27)3)12-19(13-23(26)30-24)11-18-6-4-5-7-18/h8-10,12-15,18H,4-7,11H2,1-3H3/q+1. The summed E-state index contributed by atoms with van der Waals surface area (Å²) in [7, 11) is 2.09. The molecule has 150 valence electrons. The van der Waals surface area contributed by atoms with E-state index in [4.69, 9.17) is 9.72 Å². The minimum atomic E-state index is 0.805. The largest absolute Gasteiger partial charge is 0.456 e. The fraction of sp³-hybridized carbons (Fsp3) is 0.333. The molecule has 0 atom stereocenters. The Hall–Kier alpha value is -2.94. The third-order valence-corrected chi connectivity index (χ3v) is 7.08. The minimum absolute atomic E-state index is 0.805. The number of fused-ring (bicyclic) bond motifs is 3. The maximum atomic E-state index is 6.58. The van der Waals surface area contributed by atoms with Crippen LogP contribution in [-0.4, -0.2) is 4.98 Å². The average molecular weight is 396 g/mol. The first-order valence-corrected chi connectivity index (χ1v) is 11.1. The lowest BCUT2D eigenvalue weighted by Gasteiger charge is -2.23. The molecule has 6 rings (SSSR count). The van der Waals surface area contributed by atoms with Crippen molar-refractivity contribution in [3.05, 3.63) is 59.4 Å². The first-order valence-electron chi connectivity index (χ1n) is 11.1. The lowest BCUT2D eigenvalue weighted by atomic mass is 9.91. The van der Waals surface area contributed by atoms with Crippen molar-refractivity contribution < 1.29 is 9.30 Å². The van der Waals surface area contributed by atoms with E-state index in [0.29, 0.717) is 0 Å². The van der Waals surface area contributed by atoms with Gasteiger partial charge in [-0.2, -0.15) is 0 Å². The molecular weight excluding hydrogens is 368 g/mol. The molecule has 1 aliphatic carbocycles. The van der Waals surface area contributed by atoms with E-state index in [1.54, 1.807) is 0 Å². The molecule has 0 saturated heterocycles. The van der Waals surface area contributed by atoms with E-state index in [1.165, 1.54) is 64.4 Å². The van der Waals surface area contributed by atoms with Gasteiger partial charge in [-0.3, -0.25) is 0 Å². The van der Waals surface area contributed by atoms with Crippen LogP contribution < -0.4 is 9.30 Å². The van der Waals surface area contributed by atoms with E-state index < -0.39 is 0 Å². The third kappa shape index (κ3) is 2.64. The molecule has 3 heteroatoms. The van der Waals surface area contributed by atoms with E-state index >= 15 is 0 Å². The van der Waals surface area contributed by atoms with Gasteiger partial charge in [-0.25, -0.2) is 4.57 Å². The maximum absolute atomic E-state index is 6.58. The van der Waals surface area contributed by atoms with Crippen molar-refractivity contribution in [2.45, 2.75) is 46.0 Å². The van der Waals surface area contributed by atoms with Crippen molar-refractivity contribution >= 4 is 21.7 Å². The zero-order valence-electron chi connectivity index (χ0n) is 18.0. The Balaban J connectivity index is 1.61. The van der Waals surface area contributed by atoms with E-state index in [-0.39, 0.29) is 0 Å². The zero-order valence-corrected chi connectivity index (χ0v) is 18.0. The molecule has 2 heterocycles. The molecule has 0 N–H and O–H groups in total. The van der Waals surface area contributed by atoms with Gasteiger partial charge < -0.3 is 4.74 Å². The number of nitrogens with zero attached hydrogens (tertiary/aromatic N) is 2. The summed E-state index contributed by atoms with van der Waals surface area (Å²) in [6.07, 6.45) is 8.54. The number of aryl methyl sites for hydroxylation is 3. The summed E-state index contributed by atoms with van der Waals surface area (Å²) in [4.78, 5) is 4.78. The lowest BCUT2D eigenvalue weighted by molar-refractivity contribution is -0.662. The highest BCUT2D eigenvalue weighted by atomic mass is 16.5. The second-order valence-corrected chi connectivity index (χ2v) is 9.25. The van der Waals surface area contributed by atoms with E-state index in [1.807, 2.05) is 6.33 Å². The molecule has 1 saturated carbocycles. The van der Waals surface area contributed by atoms with Crippen molar-refractivity contribution in [3.63, 3.8) is 0 Å². The predicted molar refractivity (Wildman–Crippen MR) is 121 cm³/mol. The van der Waals surface area contributed by atoms with Gasteiger partial charge in [0.05, 0.1) is 12.6 Å². The summed E-state index contributed by atoms with van der Waals surface area (Å²) in [6.45, 7) is 4.37. The Kier molecular flexibility index (Phi) is 3.89. The van der Waals surface area contributed by atoms with Crippen LogP contribution in [0.3, 0.4) is 0 Å². The summed E-state index contributed by atoms with van der Waals surface area (Å²) in [5.74, 6) is 2.72. The molecular formula is C27H27N2O+. The van der Waals surface area contributed by atoms with Gasteiger partial charge in [-0.05, 0) is 71.3 Å². The Labute approximate surface area is 177 Å². The van der Waals surface area contributed by atoms with Gasteiger partial charge in [0, 0.05) is 0 Å². The molecule has 1 fully saturated rings. The van der Waals surface area contributed by atoms with Gasteiger partial charge in [0.25, 0.3) is 6.33 Å². The second kappa shape index (κ2) is 6.53. The molecule has 0 bridgehead atoms. The van der Waals surface area contributed by atoms with Crippen molar-refractivity contribution in [3.8, 4) is 22.8 Å². The molecule has 1 aromatic heterocycles. The first kappa shape index (κ1) is 17.9. The number of ether oxygens (including phenoxy) is 1. The highest BCUT2D eigenvalue weighted by Gasteiger charge is 2.30. The predicted octanol–water partition coefficient (Wildman–Crippen LogP) is 6.33. The number of aromatic nitrogens is 2. The quantitative estimate of drug-likeness (QED) is 0.326. The topological polar surface area (TPSA) is 26.0 Å². The molecule has 4 aromatic rings. The summed E-state index contributed by atoms with van der Waals surface area (Å²) < 4.78 is 8.73. The maximum Gasteiger partial charge on any atom is 0.287 e. The Morgan fingerprint density at radius 1 is 1.03 bits per heavy atom. The van der Waals surface area contributed by atoms with Gasteiger partial charge in [0.1, 0.15) is 16.9 Å². The molecule has 3 aromatic carbocycles. The van der Waals surface area contributed by atoms with Crippen LogP contribution in [0.2, 0.25) is 0 Å². The number of hydrogen-bond acceptors (Lipinski definition) is 2. The highest BCUT2D eigenvalue weighted by Crippen LogP contribution is 2.48. The summed E-state index contributed by atoms with van der Waals surface area (Å²) in [5.41, 5.74) is 7.36. The van der Waals surface area contributed by atoms with Crippen molar-refractivity contribution in [1.29, 1.82) is 0 Å². The number of rotatable bonds is 2. The fourth-order valence-electron chi connectivity index (χ4n) is 5.57. The van der Waals surface area contributed by atoms with Gasteiger partial charge >= 0.3 is 0 Å². The monoisotopic (exact) mass is 395 g/mol. The smallest absolute Gasteiger partial charge is 0.287 e. The van der Waals surface area contributed by atoms with Crippen LogP contribution in [0.4, 0.5) is 0 Å². The average Bonchev–Trinajstić information content (AvgIpc) is 3.23. The Bertz CT molecular complexity index is 1330. The molecule has 3 nitrogen and oxygen atoms in total. The fourth-order valence-corrected chi connectivity index (χ4v) is 5.57. The summed E-state index contributed by atoms with van der Waals surface area (Å²) >= 11 is 0. The van der Waals surface area contributed by atoms with Crippen LogP contribution in [-0.2, 0) is 13.5 Å². The molecule has 2 aliphatic rings. The van der Waals surface area contributed by atoms with Crippen molar-refractivity contribution in [2.24, 2.45) is 13.0 Å². The summed E-state index contributed by atoms with van der Waals surface area (Å²) in [5, 5.41) is 3.66. The van der Waals surface area contributed by atoms with Crippen LogP contribution in [0.15, 0.2) is 42.7 Å². The zero-order chi connectivity index (χ0) is 20.4. The molecule has 0 unspecified atom stereocenters. The van der Waals surface area contributed by atoms with Crippen molar-refractivity contribution in [1.82, 2.24) is 4.98 Å². The Morgan fingerprint density at radius 2 is 1.87 bits per heavy atom. The van der Waals surface area contributed by atoms with E-state index in [0.717, 1.165) is 34.7 Å². The SMILES string of the molecule is Cc1ccc2cc3c(c(C)c2c1)-c1c2c(cc(CC4CCCC4)cc2nc[n+]1C)O3. The Morgan fingerprint density at radius 3 is 2.70 bits per heavy atom. The van der Waals surface area contributed by atoms with Gasteiger partial charge in [0.15, 0.2) is 11.2 Å². The van der Waals surface area contributed by atoms with Crippen LogP contribution in [0.25, 0.3) is 32.9 Å². The third-order valence-electron chi connectivity index (χ3n) is 7.08. The van der Waals surface area contributed by atoms with E-state index in [9.17, 15) is 0 Å². The molecule has 0 radical (unpaired) electrons. The van der Waals surface area contributed by atoms with E-state index in [2.05, 4.69) is 61.9 Å². The van der Waals surface area contributed by atoms with Gasteiger partial charge in [0.2, 0.25) is 0 Å². The molecule has 1 aliphatic heterocycles.